The van der Waals surface area contributed by atoms with Crippen LogP contribution in [0.15, 0.2) is 77.6 Å². The molecular weight excluding hydrogens is 556 g/mol. The fraction of sp³-hybridized carbons (Fsp3) is 0.226. The van der Waals surface area contributed by atoms with E-state index in [4.69, 9.17) is 14.2 Å². The van der Waals surface area contributed by atoms with Crippen molar-refractivity contribution in [3.8, 4) is 11.4 Å². The number of carbonyl (C=O) groups excluding carboxylic acids is 4. The lowest BCUT2D eigenvalue weighted by atomic mass is 10.0. The third-order valence-electron chi connectivity index (χ3n) is 7.32. The van der Waals surface area contributed by atoms with Gasteiger partial charge in [-0.2, -0.15) is 0 Å². The maximum atomic E-state index is 14.2. The van der Waals surface area contributed by atoms with Crippen LogP contribution < -0.4 is 15.6 Å². The van der Waals surface area contributed by atoms with E-state index in [1.807, 2.05) is 0 Å². The van der Waals surface area contributed by atoms with E-state index in [-0.39, 0.29) is 40.1 Å². The van der Waals surface area contributed by atoms with Gasteiger partial charge >= 0.3 is 12.1 Å². The van der Waals surface area contributed by atoms with Gasteiger partial charge in [-0.25, -0.2) is 19.5 Å². The van der Waals surface area contributed by atoms with E-state index in [2.05, 4.69) is 10.3 Å². The molecule has 0 bridgehead atoms. The van der Waals surface area contributed by atoms with Crippen LogP contribution in [0.25, 0.3) is 16.6 Å². The summed E-state index contributed by atoms with van der Waals surface area (Å²) < 4.78 is 16.7. The number of hydrogen-bond acceptors (Lipinski definition) is 9. The number of ether oxygens (including phenoxy) is 3. The Kier molecular flexibility index (Phi) is 7.68. The number of para-hydroxylation sites is 3. The molecule has 0 radical (unpaired) electrons. The summed E-state index contributed by atoms with van der Waals surface area (Å²) in [6.45, 7) is 3.13. The van der Waals surface area contributed by atoms with Crippen LogP contribution in [-0.4, -0.2) is 58.1 Å². The van der Waals surface area contributed by atoms with Crippen LogP contribution in [0.1, 0.15) is 42.5 Å². The highest BCUT2D eigenvalue weighted by Gasteiger charge is 2.55. The van der Waals surface area contributed by atoms with Gasteiger partial charge in [0.1, 0.15) is 11.6 Å². The lowest BCUT2D eigenvalue weighted by molar-refractivity contribution is -0.140. The third kappa shape index (κ3) is 5.07. The number of amides is 3. The molecule has 0 saturated carbocycles. The molecule has 0 spiro atoms. The number of fused-ring (bicyclic) bond motifs is 1. The van der Waals surface area contributed by atoms with Gasteiger partial charge in [0, 0.05) is 0 Å². The van der Waals surface area contributed by atoms with Crippen LogP contribution in [0.2, 0.25) is 0 Å². The van der Waals surface area contributed by atoms with Crippen molar-refractivity contribution in [1.82, 2.24) is 14.5 Å². The molecule has 12 heteroatoms. The molecule has 2 atom stereocenters. The van der Waals surface area contributed by atoms with Crippen LogP contribution in [0.4, 0.5) is 10.5 Å². The first-order valence-electron chi connectivity index (χ1n) is 13.3. The van der Waals surface area contributed by atoms with Gasteiger partial charge in [0.25, 0.3) is 17.4 Å². The number of imide groups is 1. The molecule has 220 valence electrons. The van der Waals surface area contributed by atoms with E-state index < -0.39 is 41.1 Å². The molecule has 5 rings (SSSR count). The lowest BCUT2D eigenvalue weighted by Crippen LogP contribution is -2.46. The normalized spacial score (nSPS) is 17.0. The molecule has 1 aliphatic heterocycles. The molecule has 1 fully saturated rings. The fourth-order valence-electron chi connectivity index (χ4n) is 4.82. The van der Waals surface area contributed by atoms with Gasteiger partial charge in [-0.15, -0.1) is 0 Å². The van der Waals surface area contributed by atoms with Crippen LogP contribution in [-0.2, 0) is 19.1 Å². The maximum Gasteiger partial charge on any atom is 0.418 e. The Hall–Kier alpha value is -5.52. The molecule has 1 aromatic heterocycles. The summed E-state index contributed by atoms with van der Waals surface area (Å²) in [6, 6.07) is 17.2. The second kappa shape index (κ2) is 11.4. The largest absolute Gasteiger partial charge is 0.495 e. The zero-order valence-corrected chi connectivity index (χ0v) is 23.8. The van der Waals surface area contributed by atoms with Gasteiger partial charge in [-0.05, 0) is 61.9 Å². The quantitative estimate of drug-likeness (QED) is 0.304. The molecule has 1 aliphatic rings. The third-order valence-corrected chi connectivity index (χ3v) is 7.32. The Bertz CT molecular complexity index is 1820. The first-order chi connectivity index (χ1) is 20.6. The number of anilines is 1. The number of methoxy groups -OCH3 is 2. The highest BCUT2D eigenvalue weighted by molar-refractivity contribution is 6.08. The number of nitrogens with zero attached hydrogens (tertiary/aromatic N) is 3. The van der Waals surface area contributed by atoms with E-state index in [1.165, 1.54) is 45.4 Å². The van der Waals surface area contributed by atoms with Gasteiger partial charge in [0.15, 0.2) is 11.6 Å². The van der Waals surface area contributed by atoms with Gasteiger partial charge in [0.2, 0.25) is 0 Å². The summed E-state index contributed by atoms with van der Waals surface area (Å²) in [6.07, 6.45) is -0.925. The molecular formula is C31H28N4O8. The number of esters is 1. The Labute approximate surface area is 245 Å². The molecule has 43 heavy (non-hydrogen) atoms. The van der Waals surface area contributed by atoms with Crippen LogP contribution in [0, 0.1) is 0 Å². The number of benzene rings is 3. The highest BCUT2D eigenvalue weighted by Crippen LogP contribution is 2.36. The van der Waals surface area contributed by atoms with Crippen molar-refractivity contribution in [2.45, 2.75) is 31.9 Å². The molecule has 0 aliphatic carbocycles. The van der Waals surface area contributed by atoms with Crippen molar-refractivity contribution in [2.75, 3.05) is 19.5 Å². The summed E-state index contributed by atoms with van der Waals surface area (Å²) in [5.74, 6) is -2.11. The van der Waals surface area contributed by atoms with Crippen molar-refractivity contribution in [3.05, 3.63) is 94.5 Å². The minimum Gasteiger partial charge on any atom is -0.495 e. The van der Waals surface area contributed by atoms with Gasteiger partial charge < -0.3 is 19.5 Å². The van der Waals surface area contributed by atoms with Gasteiger partial charge in [-0.1, -0.05) is 31.2 Å². The first kappa shape index (κ1) is 29.0. The van der Waals surface area contributed by atoms with Crippen molar-refractivity contribution in [3.63, 3.8) is 0 Å². The molecule has 12 nitrogen and oxygen atoms in total. The number of hydrogen-bond donors (Lipinski definition) is 1. The monoisotopic (exact) mass is 584 g/mol. The second-order valence-corrected chi connectivity index (χ2v) is 9.89. The number of nitrogens with one attached hydrogen (secondary N) is 1. The SMILES string of the molecule is CCC1(C)OC(=O)N(C(C(=O)Nc2ccccc2OC)c2nc3ccccc3c(=O)n2-c2ccc(C(=O)OC)cc2)C1=O. The average molecular weight is 585 g/mol. The van der Waals surface area contributed by atoms with E-state index in [1.54, 1.807) is 55.5 Å². The first-order valence-corrected chi connectivity index (χ1v) is 13.3. The Balaban J connectivity index is 1.77. The topological polar surface area (TPSA) is 146 Å². The fourth-order valence-corrected chi connectivity index (χ4v) is 4.82. The number of carbonyl (C=O) groups is 4. The highest BCUT2D eigenvalue weighted by atomic mass is 16.6. The Morgan fingerprint density at radius 1 is 0.977 bits per heavy atom. The minimum absolute atomic E-state index is 0.141. The van der Waals surface area contributed by atoms with Gasteiger partial charge in [-0.3, -0.25) is 19.0 Å². The minimum atomic E-state index is -1.75. The smallest absolute Gasteiger partial charge is 0.418 e. The average Bonchev–Trinajstić information content (AvgIpc) is 3.25. The molecule has 3 aromatic carbocycles. The van der Waals surface area contributed by atoms with Crippen LogP contribution >= 0.6 is 0 Å². The lowest BCUT2D eigenvalue weighted by Gasteiger charge is -2.27. The molecule has 3 amide bonds. The van der Waals surface area contributed by atoms with Crippen molar-refractivity contribution in [2.24, 2.45) is 0 Å². The van der Waals surface area contributed by atoms with E-state index >= 15 is 0 Å². The molecule has 2 unspecified atom stereocenters. The Morgan fingerprint density at radius 3 is 2.30 bits per heavy atom. The standard InChI is InChI=1S/C31H28N4O8/c1-5-31(2)29(39)35(30(40)43-31)24(26(36)33-22-12-8-9-13-23(22)41-3)25-32-21-11-7-6-10-20(21)27(37)34(25)19-16-14-18(15-17-19)28(38)42-4/h6-17,24H,5H2,1-4H3,(H,33,36). The van der Waals surface area contributed by atoms with E-state index in [9.17, 15) is 24.0 Å². The van der Waals surface area contributed by atoms with Crippen molar-refractivity contribution < 1.29 is 33.4 Å². The zero-order chi connectivity index (χ0) is 30.9. The zero-order valence-electron chi connectivity index (χ0n) is 23.8. The predicted molar refractivity (Wildman–Crippen MR) is 155 cm³/mol. The molecule has 1 saturated heterocycles. The summed E-state index contributed by atoms with van der Waals surface area (Å²) >= 11 is 0. The maximum absolute atomic E-state index is 14.2. The Morgan fingerprint density at radius 2 is 1.65 bits per heavy atom. The predicted octanol–water partition coefficient (Wildman–Crippen LogP) is 4.01. The van der Waals surface area contributed by atoms with Crippen LogP contribution in [0.3, 0.4) is 0 Å². The van der Waals surface area contributed by atoms with Gasteiger partial charge in [0.05, 0.1) is 42.1 Å². The van der Waals surface area contributed by atoms with E-state index in [0.717, 1.165) is 4.57 Å². The molecule has 4 aromatic rings. The van der Waals surface area contributed by atoms with E-state index in [0.29, 0.717) is 10.6 Å². The summed E-state index contributed by atoms with van der Waals surface area (Å²) in [7, 11) is 2.67. The van der Waals surface area contributed by atoms with Crippen LogP contribution in [0.5, 0.6) is 5.75 Å². The summed E-state index contributed by atoms with van der Waals surface area (Å²) in [5, 5.41) is 2.94. The van der Waals surface area contributed by atoms with Crippen molar-refractivity contribution in [1.29, 1.82) is 0 Å². The summed E-state index contributed by atoms with van der Waals surface area (Å²) in [4.78, 5) is 72.7. The number of cyclic esters (lactones) is 1. The second-order valence-electron chi connectivity index (χ2n) is 9.89. The summed E-state index contributed by atoms with van der Waals surface area (Å²) in [5.41, 5.74) is -1.17. The van der Waals surface area contributed by atoms with Crippen molar-refractivity contribution >= 4 is 40.5 Å². The number of aromatic nitrogens is 2. The molecule has 2 heterocycles. The molecule has 1 N–H and O–H groups in total. The number of rotatable bonds is 8.